The lowest BCUT2D eigenvalue weighted by molar-refractivity contribution is 0.0747. The van der Waals surface area contributed by atoms with Gasteiger partial charge in [0.2, 0.25) is 0 Å². The number of hydrogen-bond donors (Lipinski definition) is 0. The van der Waals surface area contributed by atoms with Gasteiger partial charge in [0.25, 0.3) is 5.91 Å². The average molecular weight is 438 g/mol. The fourth-order valence-electron chi connectivity index (χ4n) is 3.17. The maximum atomic E-state index is 12.7. The van der Waals surface area contributed by atoms with Gasteiger partial charge < -0.3 is 9.80 Å². The molecular formula is C19H17Cl2N3OS2. The summed E-state index contributed by atoms with van der Waals surface area (Å²) in [6, 6.07) is 11.2. The van der Waals surface area contributed by atoms with Crippen molar-refractivity contribution in [3.8, 4) is 0 Å². The Kier molecular flexibility index (Phi) is 5.50. The molecule has 0 aliphatic carbocycles. The van der Waals surface area contributed by atoms with Crippen molar-refractivity contribution >= 4 is 67.6 Å². The summed E-state index contributed by atoms with van der Waals surface area (Å²) < 4.78 is 1.20. The monoisotopic (exact) mass is 437 g/mol. The molecule has 8 heteroatoms. The minimum absolute atomic E-state index is 0.0342. The number of halogens is 2. The van der Waals surface area contributed by atoms with Crippen molar-refractivity contribution in [2.24, 2.45) is 0 Å². The highest BCUT2D eigenvalue weighted by molar-refractivity contribution is 7.98. The van der Waals surface area contributed by atoms with Gasteiger partial charge in [-0.3, -0.25) is 4.79 Å². The van der Waals surface area contributed by atoms with Crippen LogP contribution >= 0.6 is 46.3 Å². The summed E-state index contributed by atoms with van der Waals surface area (Å²) in [5.74, 6) is -0.0342. The molecule has 0 radical (unpaired) electrons. The standard InChI is InChI=1S/C19H17Cl2N3OS2/c1-26-15-3-2-4-16-17(15)22-19(27-16)24-7-5-23(6-8-24)18(25)12-9-13(20)11-14(21)10-12/h2-4,9-11H,5-8H2,1H3. The molecule has 140 valence electrons. The molecular weight excluding hydrogens is 421 g/mol. The Labute approximate surface area is 176 Å². The zero-order valence-electron chi connectivity index (χ0n) is 14.6. The fourth-order valence-corrected chi connectivity index (χ4v) is 5.37. The second-order valence-electron chi connectivity index (χ2n) is 6.24. The van der Waals surface area contributed by atoms with Gasteiger partial charge in [0.1, 0.15) is 0 Å². The summed E-state index contributed by atoms with van der Waals surface area (Å²) in [7, 11) is 0. The lowest BCUT2D eigenvalue weighted by Gasteiger charge is -2.34. The Morgan fingerprint density at radius 3 is 2.48 bits per heavy atom. The zero-order chi connectivity index (χ0) is 19.0. The summed E-state index contributed by atoms with van der Waals surface area (Å²) in [5.41, 5.74) is 1.60. The molecule has 1 saturated heterocycles. The lowest BCUT2D eigenvalue weighted by Crippen LogP contribution is -2.48. The van der Waals surface area contributed by atoms with Crippen molar-refractivity contribution in [1.82, 2.24) is 9.88 Å². The highest BCUT2D eigenvalue weighted by Crippen LogP contribution is 2.34. The number of benzene rings is 2. The molecule has 0 unspecified atom stereocenters. The van der Waals surface area contributed by atoms with E-state index in [0.29, 0.717) is 28.7 Å². The molecule has 0 N–H and O–H groups in total. The molecule has 0 saturated carbocycles. The maximum absolute atomic E-state index is 12.7. The topological polar surface area (TPSA) is 36.4 Å². The number of carbonyl (C=O) groups excluding carboxylic acids is 1. The van der Waals surface area contributed by atoms with E-state index in [1.165, 1.54) is 9.60 Å². The predicted molar refractivity (Wildman–Crippen MR) is 116 cm³/mol. The van der Waals surface area contributed by atoms with E-state index in [9.17, 15) is 4.79 Å². The molecule has 0 atom stereocenters. The summed E-state index contributed by atoms with van der Waals surface area (Å²) in [6.45, 7) is 2.81. The summed E-state index contributed by atoms with van der Waals surface area (Å²) in [6.07, 6.45) is 2.07. The lowest BCUT2D eigenvalue weighted by atomic mass is 10.2. The van der Waals surface area contributed by atoms with Crippen LogP contribution in [-0.2, 0) is 0 Å². The summed E-state index contributed by atoms with van der Waals surface area (Å²) >= 11 is 15.5. The predicted octanol–water partition coefficient (Wildman–Crippen LogP) is 5.29. The number of para-hydroxylation sites is 1. The van der Waals surface area contributed by atoms with Crippen LogP contribution in [0.4, 0.5) is 5.13 Å². The quantitative estimate of drug-likeness (QED) is 0.521. The van der Waals surface area contributed by atoms with Gasteiger partial charge in [-0.1, -0.05) is 40.6 Å². The van der Waals surface area contributed by atoms with Crippen molar-refractivity contribution in [2.75, 3.05) is 37.3 Å². The average Bonchev–Trinajstić information content (AvgIpc) is 3.11. The van der Waals surface area contributed by atoms with Gasteiger partial charge in [-0.05, 0) is 36.6 Å². The van der Waals surface area contributed by atoms with E-state index >= 15 is 0 Å². The third-order valence-corrected chi connectivity index (χ3v) is 6.82. The Morgan fingerprint density at radius 1 is 1.11 bits per heavy atom. The van der Waals surface area contributed by atoms with Crippen LogP contribution in [0.15, 0.2) is 41.3 Å². The second kappa shape index (κ2) is 7.87. The van der Waals surface area contributed by atoms with Gasteiger partial charge >= 0.3 is 0 Å². The molecule has 1 fully saturated rings. The van der Waals surface area contributed by atoms with Gasteiger partial charge in [-0.15, -0.1) is 11.8 Å². The molecule has 1 aliphatic heterocycles. The van der Waals surface area contributed by atoms with Crippen LogP contribution in [0.3, 0.4) is 0 Å². The number of carbonyl (C=O) groups is 1. The van der Waals surface area contributed by atoms with E-state index in [4.69, 9.17) is 28.2 Å². The van der Waals surface area contributed by atoms with E-state index in [2.05, 4.69) is 29.4 Å². The molecule has 27 heavy (non-hydrogen) atoms. The number of rotatable bonds is 3. The molecule has 2 heterocycles. The molecule has 1 aliphatic rings. The first kappa shape index (κ1) is 18.9. The number of aromatic nitrogens is 1. The van der Waals surface area contributed by atoms with Crippen LogP contribution < -0.4 is 4.90 Å². The first-order valence-electron chi connectivity index (χ1n) is 8.49. The fraction of sp³-hybridized carbons (Fsp3) is 0.263. The van der Waals surface area contributed by atoms with Crippen molar-refractivity contribution in [2.45, 2.75) is 4.90 Å². The van der Waals surface area contributed by atoms with Gasteiger partial charge in [0.15, 0.2) is 5.13 Å². The van der Waals surface area contributed by atoms with Crippen molar-refractivity contribution in [3.05, 3.63) is 52.0 Å². The molecule has 4 nitrogen and oxygen atoms in total. The molecule has 1 amide bonds. The maximum Gasteiger partial charge on any atom is 0.254 e. The normalized spacial score (nSPS) is 14.8. The van der Waals surface area contributed by atoms with Crippen molar-refractivity contribution < 1.29 is 4.79 Å². The minimum Gasteiger partial charge on any atom is -0.345 e. The zero-order valence-corrected chi connectivity index (χ0v) is 17.8. The van der Waals surface area contributed by atoms with Gasteiger partial charge in [-0.2, -0.15) is 0 Å². The number of fused-ring (bicyclic) bond motifs is 1. The number of thioether (sulfide) groups is 1. The van der Waals surface area contributed by atoms with Gasteiger partial charge in [-0.25, -0.2) is 4.98 Å². The van der Waals surface area contributed by atoms with Crippen LogP contribution in [0.2, 0.25) is 10.0 Å². The highest BCUT2D eigenvalue weighted by Gasteiger charge is 2.24. The van der Waals surface area contributed by atoms with Crippen molar-refractivity contribution in [1.29, 1.82) is 0 Å². The van der Waals surface area contributed by atoms with Crippen molar-refractivity contribution in [3.63, 3.8) is 0 Å². The Morgan fingerprint density at radius 2 is 1.81 bits per heavy atom. The molecule has 3 aromatic rings. The summed E-state index contributed by atoms with van der Waals surface area (Å²) in [5, 5.41) is 1.97. The van der Waals surface area contributed by atoms with E-state index in [0.717, 1.165) is 23.7 Å². The smallest absolute Gasteiger partial charge is 0.254 e. The number of amides is 1. The van der Waals surface area contributed by atoms with Crippen LogP contribution in [-0.4, -0.2) is 48.2 Å². The Hall–Kier alpha value is -1.47. The molecule has 0 spiro atoms. The van der Waals surface area contributed by atoms with Gasteiger partial charge in [0.05, 0.1) is 10.2 Å². The molecule has 0 bridgehead atoms. The third kappa shape index (κ3) is 3.90. The van der Waals surface area contributed by atoms with E-state index in [-0.39, 0.29) is 5.91 Å². The van der Waals surface area contributed by atoms with E-state index in [1.807, 2.05) is 4.90 Å². The molecule has 2 aromatic carbocycles. The second-order valence-corrected chi connectivity index (χ2v) is 8.97. The van der Waals surface area contributed by atoms with Gasteiger partial charge in [0, 0.05) is 46.7 Å². The number of hydrogen-bond acceptors (Lipinski definition) is 5. The Bertz CT molecular complexity index is 980. The minimum atomic E-state index is -0.0342. The number of nitrogens with zero attached hydrogens (tertiary/aromatic N) is 3. The Balaban J connectivity index is 1.48. The molecule has 1 aromatic heterocycles. The highest BCUT2D eigenvalue weighted by atomic mass is 35.5. The first-order valence-corrected chi connectivity index (χ1v) is 11.3. The number of anilines is 1. The van der Waals surface area contributed by atoms with E-state index < -0.39 is 0 Å². The third-order valence-electron chi connectivity index (χ3n) is 4.54. The number of thiazole rings is 1. The van der Waals surface area contributed by atoms with E-state index in [1.54, 1.807) is 41.3 Å². The largest absolute Gasteiger partial charge is 0.345 e. The van der Waals surface area contributed by atoms with Crippen LogP contribution in [0, 0.1) is 0 Å². The van der Waals surface area contributed by atoms with Crippen LogP contribution in [0.25, 0.3) is 10.2 Å². The molecule has 4 rings (SSSR count). The van der Waals surface area contributed by atoms with Crippen LogP contribution in [0.1, 0.15) is 10.4 Å². The first-order chi connectivity index (χ1) is 13.0. The summed E-state index contributed by atoms with van der Waals surface area (Å²) in [4.78, 5) is 22.9. The van der Waals surface area contributed by atoms with Crippen LogP contribution in [0.5, 0.6) is 0 Å². The SMILES string of the molecule is CSc1cccc2sc(N3CCN(C(=O)c4cc(Cl)cc(Cl)c4)CC3)nc12. The number of piperazine rings is 1.